The Morgan fingerprint density at radius 2 is 1.96 bits per heavy atom. The lowest BCUT2D eigenvalue weighted by Gasteiger charge is -2.27. The SMILES string of the molecule is O=C(COc1ccc(Cl)cc1)NCCNc1cc(N2CCOCC2)ncn1. The molecule has 1 aliphatic rings. The van der Waals surface area contributed by atoms with Crippen LogP contribution >= 0.6 is 11.6 Å². The first-order valence-electron chi connectivity index (χ1n) is 8.74. The Bertz CT molecular complexity index is 738. The van der Waals surface area contributed by atoms with Crippen LogP contribution in [-0.2, 0) is 9.53 Å². The summed E-state index contributed by atoms with van der Waals surface area (Å²) in [6.07, 6.45) is 1.53. The van der Waals surface area contributed by atoms with Crippen molar-refractivity contribution in [3.05, 3.63) is 41.7 Å². The highest BCUT2D eigenvalue weighted by Gasteiger charge is 2.12. The van der Waals surface area contributed by atoms with E-state index in [2.05, 4.69) is 25.5 Å². The highest BCUT2D eigenvalue weighted by atomic mass is 35.5. The molecule has 1 fully saturated rings. The number of aromatic nitrogens is 2. The molecule has 2 aromatic rings. The summed E-state index contributed by atoms with van der Waals surface area (Å²) in [6, 6.07) is 8.77. The molecule has 2 heterocycles. The van der Waals surface area contributed by atoms with Crippen molar-refractivity contribution in [3.63, 3.8) is 0 Å². The molecule has 0 unspecified atom stereocenters. The van der Waals surface area contributed by atoms with E-state index in [0.717, 1.165) is 24.7 Å². The van der Waals surface area contributed by atoms with Crippen molar-refractivity contribution in [3.8, 4) is 5.75 Å². The fourth-order valence-corrected chi connectivity index (χ4v) is 2.66. The summed E-state index contributed by atoms with van der Waals surface area (Å²) in [5, 5.41) is 6.59. The number of hydrogen-bond acceptors (Lipinski definition) is 7. The average Bonchev–Trinajstić information content (AvgIpc) is 2.72. The molecule has 144 valence electrons. The largest absolute Gasteiger partial charge is 0.484 e. The zero-order valence-electron chi connectivity index (χ0n) is 14.9. The predicted octanol–water partition coefficient (Wildman–Crippen LogP) is 1.57. The summed E-state index contributed by atoms with van der Waals surface area (Å²) in [5.41, 5.74) is 0. The van der Waals surface area contributed by atoms with Crippen molar-refractivity contribution in [2.24, 2.45) is 0 Å². The van der Waals surface area contributed by atoms with Gasteiger partial charge in [-0.05, 0) is 24.3 Å². The monoisotopic (exact) mass is 391 g/mol. The van der Waals surface area contributed by atoms with Gasteiger partial charge in [-0.25, -0.2) is 9.97 Å². The van der Waals surface area contributed by atoms with E-state index in [-0.39, 0.29) is 12.5 Å². The Labute approximate surface area is 162 Å². The first-order chi connectivity index (χ1) is 13.2. The lowest BCUT2D eigenvalue weighted by molar-refractivity contribution is -0.123. The van der Waals surface area contributed by atoms with Gasteiger partial charge in [0.25, 0.3) is 5.91 Å². The average molecular weight is 392 g/mol. The highest BCUT2D eigenvalue weighted by Crippen LogP contribution is 2.16. The number of morpholine rings is 1. The molecule has 0 radical (unpaired) electrons. The molecule has 2 N–H and O–H groups in total. The minimum atomic E-state index is -0.191. The molecule has 0 bridgehead atoms. The number of carbonyl (C=O) groups excluding carboxylic acids is 1. The van der Waals surface area contributed by atoms with Gasteiger partial charge >= 0.3 is 0 Å². The van der Waals surface area contributed by atoms with Crippen LogP contribution in [0.4, 0.5) is 11.6 Å². The minimum absolute atomic E-state index is 0.0453. The molecular weight excluding hydrogens is 370 g/mol. The molecular formula is C18H22ClN5O3. The van der Waals surface area contributed by atoms with Crippen LogP contribution in [0.5, 0.6) is 5.75 Å². The molecule has 1 aliphatic heterocycles. The molecule has 0 spiro atoms. The Morgan fingerprint density at radius 3 is 2.74 bits per heavy atom. The third kappa shape index (κ3) is 6.26. The van der Waals surface area contributed by atoms with Crippen molar-refractivity contribution < 1.29 is 14.3 Å². The number of carbonyl (C=O) groups is 1. The lowest BCUT2D eigenvalue weighted by atomic mass is 10.3. The van der Waals surface area contributed by atoms with E-state index < -0.39 is 0 Å². The summed E-state index contributed by atoms with van der Waals surface area (Å²) in [7, 11) is 0. The fourth-order valence-electron chi connectivity index (χ4n) is 2.53. The molecule has 1 amide bonds. The molecule has 1 aromatic heterocycles. The zero-order chi connectivity index (χ0) is 18.9. The van der Waals surface area contributed by atoms with Crippen LogP contribution in [0.3, 0.4) is 0 Å². The molecule has 3 rings (SSSR count). The number of halogens is 1. The van der Waals surface area contributed by atoms with Gasteiger partial charge in [-0.3, -0.25) is 4.79 Å². The lowest BCUT2D eigenvalue weighted by Crippen LogP contribution is -2.36. The maximum atomic E-state index is 11.8. The maximum Gasteiger partial charge on any atom is 0.258 e. The van der Waals surface area contributed by atoms with Crippen molar-refractivity contribution in [2.45, 2.75) is 0 Å². The van der Waals surface area contributed by atoms with Gasteiger partial charge in [0, 0.05) is 37.3 Å². The molecule has 1 saturated heterocycles. The number of rotatable bonds is 8. The van der Waals surface area contributed by atoms with E-state index in [1.807, 2.05) is 6.07 Å². The number of nitrogens with zero attached hydrogens (tertiary/aromatic N) is 3. The van der Waals surface area contributed by atoms with E-state index in [1.165, 1.54) is 6.33 Å². The highest BCUT2D eigenvalue weighted by molar-refractivity contribution is 6.30. The van der Waals surface area contributed by atoms with Crippen LogP contribution in [0.25, 0.3) is 0 Å². The van der Waals surface area contributed by atoms with E-state index in [1.54, 1.807) is 24.3 Å². The second-order valence-corrected chi connectivity index (χ2v) is 6.32. The van der Waals surface area contributed by atoms with Crippen LogP contribution < -0.4 is 20.3 Å². The summed E-state index contributed by atoms with van der Waals surface area (Å²) < 4.78 is 10.7. The van der Waals surface area contributed by atoms with E-state index in [0.29, 0.717) is 37.1 Å². The molecule has 0 saturated carbocycles. The third-order valence-corrected chi connectivity index (χ3v) is 4.18. The molecule has 0 atom stereocenters. The van der Waals surface area contributed by atoms with Gasteiger partial charge in [0.15, 0.2) is 6.61 Å². The number of nitrogens with one attached hydrogen (secondary N) is 2. The summed E-state index contributed by atoms with van der Waals surface area (Å²) in [6.45, 7) is 4.01. The molecule has 9 heteroatoms. The number of hydrogen-bond donors (Lipinski definition) is 2. The van der Waals surface area contributed by atoms with Gasteiger partial charge in [0.2, 0.25) is 0 Å². The Hall–Kier alpha value is -2.58. The second-order valence-electron chi connectivity index (χ2n) is 5.88. The van der Waals surface area contributed by atoms with Gasteiger partial charge in [0.1, 0.15) is 23.7 Å². The van der Waals surface area contributed by atoms with E-state index in [9.17, 15) is 4.79 Å². The first-order valence-corrected chi connectivity index (χ1v) is 9.12. The maximum absolute atomic E-state index is 11.8. The summed E-state index contributed by atoms with van der Waals surface area (Å²) in [4.78, 5) is 22.5. The Morgan fingerprint density at radius 1 is 1.19 bits per heavy atom. The number of benzene rings is 1. The topological polar surface area (TPSA) is 88.6 Å². The van der Waals surface area contributed by atoms with Gasteiger partial charge in [-0.2, -0.15) is 0 Å². The second kappa shape index (κ2) is 9.94. The molecule has 0 aliphatic carbocycles. The standard InChI is InChI=1S/C18H22ClN5O3/c19-14-1-3-15(4-2-14)27-12-18(25)21-6-5-20-16-11-17(23-13-22-16)24-7-9-26-10-8-24/h1-4,11,13H,5-10,12H2,(H,21,25)(H,20,22,23). The van der Waals surface area contributed by atoms with Crippen LogP contribution in [0, 0.1) is 0 Å². The minimum Gasteiger partial charge on any atom is -0.484 e. The normalized spacial score (nSPS) is 13.9. The van der Waals surface area contributed by atoms with E-state index >= 15 is 0 Å². The van der Waals surface area contributed by atoms with E-state index in [4.69, 9.17) is 21.1 Å². The number of amides is 1. The van der Waals surface area contributed by atoms with Crippen LogP contribution in [0.15, 0.2) is 36.7 Å². The van der Waals surface area contributed by atoms with Gasteiger partial charge < -0.3 is 25.0 Å². The Balaban J connectivity index is 1.35. The number of ether oxygens (including phenoxy) is 2. The van der Waals surface area contributed by atoms with Crippen LogP contribution in [-0.4, -0.2) is 61.9 Å². The zero-order valence-corrected chi connectivity index (χ0v) is 15.6. The summed E-state index contributed by atoms with van der Waals surface area (Å²) in [5.74, 6) is 2.00. The smallest absolute Gasteiger partial charge is 0.258 e. The van der Waals surface area contributed by atoms with Gasteiger partial charge in [-0.15, -0.1) is 0 Å². The van der Waals surface area contributed by atoms with Crippen molar-refractivity contribution >= 4 is 29.1 Å². The fraction of sp³-hybridized carbons (Fsp3) is 0.389. The quantitative estimate of drug-likeness (QED) is 0.660. The van der Waals surface area contributed by atoms with Gasteiger partial charge in [-0.1, -0.05) is 11.6 Å². The van der Waals surface area contributed by atoms with Gasteiger partial charge in [0.05, 0.1) is 13.2 Å². The van der Waals surface area contributed by atoms with Crippen LogP contribution in [0.1, 0.15) is 0 Å². The third-order valence-electron chi connectivity index (χ3n) is 3.92. The predicted molar refractivity (Wildman–Crippen MR) is 104 cm³/mol. The molecule has 27 heavy (non-hydrogen) atoms. The Kier molecular flexibility index (Phi) is 7.06. The van der Waals surface area contributed by atoms with Crippen molar-refractivity contribution in [2.75, 3.05) is 56.2 Å². The molecule has 8 nitrogen and oxygen atoms in total. The first kappa shape index (κ1) is 19.2. The molecule has 1 aromatic carbocycles. The van der Waals surface area contributed by atoms with Crippen molar-refractivity contribution in [1.29, 1.82) is 0 Å². The number of anilines is 2. The summed E-state index contributed by atoms with van der Waals surface area (Å²) >= 11 is 5.80. The van der Waals surface area contributed by atoms with Crippen LogP contribution in [0.2, 0.25) is 5.02 Å². The van der Waals surface area contributed by atoms with Crippen molar-refractivity contribution in [1.82, 2.24) is 15.3 Å².